The second-order valence-corrected chi connectivity index (χ2v) is 7.54. The lowest BCUT2D eigenvalue weighted by molar-refractivity contribution is -0.144. The summed E-state index contributed by atoms with van der Waals surface area (Å²) in [5.41, 5.74) is 1.99. The first kappa shape index (κ1) is 19.3. The molecule has 4 aliphatic rings. The summed E-state index contributed by atoms with van der Waals surface area (Å²) in [6, 6.07) is 0. The van der Waals surface area contributed by atoms with Gasteiger partial charge in [0, 0.05) is 30.4 Å². The zero-order valence-electron chi connectivity index (χ0n) is 16.5. The topological polar surface area (TPSA) is 71.1 Å². The van der Waals surface area contributed by atoms with Gasteiger partial charge in [-0.2, -0.15) is 0 Å². The Balaban J connectivity index is 1.21. The van der Waals surface area contributed by atoms with Crippen molar-refractivity contribution < 1.29 is 28.5 Å². The molecule has 29 heavy (non-hydrogen) atoms. The molecule has 6 heteroatoms. The van der Waals surface area contributed by atoms with E-state index in [0.717, 1.165) is 11.1 Å². The van der Waals surface area contributed by atoms with E-state index in [1.807, 2.05) is 50.3 Å². The van der Waals surface area contributed by atoms with Crippen molar-refractivity contribution in [1.29, 1.82) is 0 Å². The van der Waals surface area contributed by atoms with Gasteiger partial charge in [-0.3, -0.25) is 0 Å². The Morgan fingerprint density at radius 3 is 1.69 bits per heavy atom. The van der Waals surface area contributed by atoms with Crippen LogP contribution in [0.5, 0.6) is 0 Å². The van der Waals surface area contributed by atoms with Crippen molar-refractivity contribution >= 4 is 11.9 Å². The van der Waals surface area contributed by atoms with E-state index >= 15 is 0 Å². The predicted octanol–water partition coefficient (Wildman–Crippen LogP) is 3.29. The molecule has 0 amide bonds. The number of esters is 2. The first-order valence-corrected chi connectivity index (χ1v) is 9.83. The summed E-state index contributed by atoms with van der Waals surface area (Å²) in [6.07, 6.45) is 14.7. The maximum Gasteiger partial charge on any atom is 0.331 e. The van der Waals surface area contributed by atoms with Crippen LogP contribution >= 0.6 is 0 Å². The lowest BCUT2D eigenvalue weighted by atomic mass is 9.88. The minimum atomic E-state index is -0.312. The zero-order chi connectivity index (χ0) is 20.4. The molecule has 6 nitrogen and oxygen atoms in total. The van der Waals surface area contributed by atoms with Gasteiger partial charge in [0.15, 0.2) is 0 Å². The average Bonchev–Trinajstić information content (AvgIpc) is 2.67. The quantitative estimate of drug-likeness (QED) is 0.507. The number of hydrogen-bond acceptors (Lipinski definition) is 6. The molecule has 0 spiro atoms. The van der Waals surface area contributed by atoms with Crippen molar-refractivity contribution in [2.75, 3.05) is 13.2 Å². The highest BCUT2D eigenvalue weighted by molar-refractivity contribution is 5.85. The van der Waals surface area contributed by atoms with Gasteiger partial charge in [0.2, 0.25) is 0 Å². The number of hydrogen-bond donors (Lipinski definition) is 0. The second-order valence-electron chi connectivity index (χ2n) is 7.54. The average molecular weight is 396 g/mol. The molecule has 152 valence electrons. The largest absolute Gasteiger partial charge is 0.494 e. The Bertz CT molecular complexity index is 813. The lowest BCUT2D eigenvalue weighted by Crippen LogP contribution is -2.31. The fourth-order valence-corrected chi connectivity index (χ4v) is 3.83. The first-order chi connectivity index (χ1) is 14.0. The van der Waals surface area contributed by atoms with Crippen molar-refractivity contribution in [3.05, 3.63) is 71.3 Å². The Labute approximate surface area is 169 Å². The van der Waals surface area contributed by atoms with E-state index in [-0.39, 0.29) is 36.0 Å². The molecule has 0 aromatic rings. The van der Waals surface area contributed by atoms with Gasteiger partial charge in [-0.05, 0) is 38.2 Å². The van der Waals surface area contributed by atoms with Gasteiger partial charge < -0.3 is 18.9 Å². The Kier molecular flexibility index (Phi) is 5.43. The van der Waals surface area contributed by atoms with Crippen molar-refractivity contribution in [3.63, 3.8) is 0 Å². The van der Waals surface area contributed by atoms with Crippen LogP contribution in [0.2, 0.25) is 0 Å². The van der Waals surface area contributed by atoms with Gasteiger partial charge in [-0.25, -0.2) is 9.59 Å². The molecular formula is C23H24O6. The molecule has 0 bridgehead atoms. The number of ether oxygens (including phenoxy) is 4. The van der Waals surface area contributed by atoms with Crippen LogP contribution in [-0.4, -0.2) is 37.4 Å². The molecular weight excluding hydrogens is 372 g/mol. The van der Waals surface area contributed by atoms with E-state index in [1.165, 1.54) is 12.2 Å². The standard InChI is InChI=1S/C23H24O6/c1-14-10-22(24)28-20-12-16(4-6-18(14)20)26-8-3-9-27-17-5-7-19-15(2)11-23(25)29-21(19)13-17/h4-7,10-13,18-21H,3,8-9H2,1-2H3. The summed E-state index contributed by atoms with van der Waals surface area (Å²) in [4.78, 5) is 23.1. The van der Waals surface area contributed by atoms with Crippen molar-refractivity contribution in [2.24, 2.45) is 11.8 Å². The molecule has 0 N–H and O–H groups in total. The van der Waals surface area contributed by atoms with E-state index in [9.17, 15) is 9.59 Å². The van der Waals surface area contributed by atoms with E-state index < -0.39 is 0 Å². The summed E-state index contributed by atoms with van der Waals surface area (Å²) >= 11 is 0. The molecule has 0 saturated carbocycles. The van der Waals surface area contributed by atoms with Gasteiger partial charge in [-0.1, -0.05) is 23.3 Å². The summed E-state index contributed by atoms with van der Waals surface area (Å²) in [7, 11) is 0. The minimum Gasteiger partial charge on any atom is -0.494 e. The fourth-order valence-electron chi connectivity index (χ4n) is 3.83. The second kappa shape index (κ2) is 8.15. The fraction of sp³-hybridized carbons (Fsp3) is 0.391. The monoisotopic (exact) mass is 396 g/mol. The third kappa shape index (κ3) is 4.36. The van der Waals surface area contributed by atoms with Crippen LogP contribution in [0, 0.1) is 11.8 Å². The smallest absolute Gasteiger partial charge is 0.331 e. The van der Waals surface area contributed by atoms with E-state index in [0.29, 0.717) is 31.2 Å². The van der Waals surface area contributed by atoms with Crippen molar-refractivity contribution in [2.45, 2.75) is 32.5 Å². The normalized spacial score (nSPS) is 30.0. The predicted molar refractivity (Wildman–Crippen MR) is 105 cm³/mol. The van der Waals surface area contributed by atoms with E-state index in [4.69, 9.17) is 18.9 Å². The SMILES string of the molecule is CC1=CC(=O)OC2C=C(OCCCOC3=CC4OC(=O)C=C(C)C4C=C3)C=CC12. The molecule has 0 radical (unpaired) electrons. The van der Waals surface area contributed by atoms with Crippen LogP contribution < -0.4 is 0 Å². The molecule has 4 unspecified atom stereocenters. The number of carbonyl (C=O) groups is 2. The van der Waals surface area contributed by atoms with Gasteiger partial charge >= 0.3 is 11.9 Å². The molecule has 4 atom stereocenters. The number of carbonyl (C=O) groups excluding carboxylic acids is 2. The maximum atomic E-state index is 11.6. The third-order valence-electron chi connectivity index (χ3n) is 5.37. The van der Waals surface area contributed by atoms with Gasteiger partial charge in [0.1, 0.15) is 23.7 Å². The zero-order valence-corrected chi connectivity index (χ0v) is 16.5. The maximum absolute atomic E-state index is 11.6. The molecule has 2 aliphatic carbocycles. The number of rotatable bonds is 6. The van der Waals surface area contributed by atoms with Crippen LogP contribution in [-0.2, 0) is 28.5 Å². The Hall–Kier alpha value is -3.02. The lowest BCUT2D eigenvalue weighted by Gasteiger charge is -2.29. The Morgan fingerprint density at radius 2 is 1.24 bits per heavy atom. The summed E-state index contributed by atoms with van der Waals surface area (Å²) in [5, 5.41) is 0. The summed E-state index contributed by atoms with van der Waals surface area (Å²) < 4.78 is 22.3. The molecule has 2 heterocycles. The first-order valence-electron chi connectivity index (χ1n) is 9.83. The number of allylic oxidation sites excluding steroid dienone is 2. The third-order valence-corrected chi connectivity index (χ3v) is 5.37. The van der Waals surface area contributed by atoms with Crippen molar-refractivity contribution in [1.82, 2.24) is 0 Å². The Morgan fingerprint density at radius 1 is 0.793 bits per heavy atom. The molecule has 2 aliphatic heterocycles. The van der Waals surface area contributed by atoms with E-state index in [1.54, 1.807) is 0 Å². The van der Waals surface area contributed by atoms with Crippen LogP contribution in [0.25, 0.3) is 0 Å². The van der Waals surface area contributed by atoms with Crippen LogP contribution in [0.1, 0.15) is 20.3 Å². The van der Waals surface area contributed by atoms with Crippen LogP contribution in [0.4, 0.5) is 0 Å². The van der Waals surface area contributed by atoms with E-state index in [2.05, 4.69) is 0 Å². The highest BCUT2D eigenvalue weighted by Gasteiger charge is 2.31. The molecule has 0 aromatic carbocycles. The molecule has 0 saturated heterocycles. The number of fused-ring (bicyclic) bond motifs is 2. The molecule has 4 rings (SSSR count). The van der Waals surface area contributed by atoms with Gasteiger partial charge in [0.05, 0.1) is 13.2 Å². The molecule has 0 fully saturated rings. The van der Waals surface area contributed by atoms with Crippen molar-refractivity contribution in [3.8, 4) is 0 Å². The highest BCUT2D eigenvalue weighted by atomic mass is 16.6. The van der Waals surface area contributed by atoms with Crippen LogP contribution in [0.3, 0.4) is 0 Å². The minimum absolute atomic E-state index is 0.0876. The summed E-state index contributed by atoms with van der Waals surface area (Å²) in [6.45, 7) is 4.83. The van der Waals surface area contributed by atoms with Crippen LogP contribution in [0.15, 0.2) is 71.3 Å². The van der Waals surface area contributed by atoms with Gasteiger partial charge in [-0.15, -0.1) is 0 Å². The van der Waals surface area contributed by atoms with Gasteiger partial charge in [0.25, 0.3) is 0 Å². The summed E-state index contributed by atoms with van der Waals surface area (Å²) in [5.74, 6) is 0.950. The highest BCUT2D eigenvalue weighted by Crippen LogP contribution is 2.31. The molecule has 0 aromatic heterocycles.